The number of carbonyl (C=O) groups excluding carboxylic acids is 1. The molecule has 1 fully saturated rings. The molecule has 0 unspecified atom stereocenters. The number of anilines is 1. The number of nitrogens with one attached hydrogen (secondary N) is 3. The van der Waals surface area contributed by atoms with Gasteiger partial charge in [0.15, 0.2) is 0 Å². The Morgan fingerprint density at radius 1 is 1.21 bits per heavy atom. The van der Waals surface area contributed by atoms with Crippen molar-refractivity contribution in [3.05, 3.63) is 54.6 Å². The Bertz CT molecular complexity index is 1140. The average molecular weight is 389 g/mol. The Balaban J connectivity index is 1.23. The van der Waals surface area contributed by atoms with Crippen molar-refractivity contribution in [3.8, 4) is 0 Å². The molecule has 0 radical (unpaired) electrons. The van der Waals surface area contributed by atoms with Crippen molar-refractivity contribution in [3.63, 3.8) is 0 Å². The first-order valence-electron chi connectivity index (χ1n) is 9.79. The van der Waals surface area contributed by atoms with Crippen molar-refractivity contribution in [2.45, 2.75) is 24.9 Å². The van der Waals surface area contributed by atoms with Gasteiger partial charge in [-0.15, -0.1) is 0 Å². The number of amides is 1. The van der Waals surface area contributed by atoms with Gasteiger partial charge >= 0.3 is 0 Å². The van der Waals surface area contributed by atoms with Gasteiger partial charge in [0.1, 0.15) is 17.8 Å². The zero-order chi connectivity index (χ0) is 19.8. The third kappa shape index (κ3) is 3.21. The number of benzene rings is 1. The lowest BCUT2D eigenvalue weighted by molar-refractivity contribution is -0.127. The predicted molar refractivity (Wildman–Crippen MR) is 112 cm³/mol. The highest BCUT2D eigenvalue weighted by Crippen LogP contribution is 2.28. The van der Waals surface area contributed by atoms with E-state index in [1.807, 2.05) is 36.5 Å². The molecule has 4 heterocycles. The van der Waals surface area contributed by atoms with E-state index in [1.54, 1.807) is 6.33 Å². The first kappa shape index (κ1) is 17.7. The van der Waals surface area contributed by atoms with Crippen molar-refractivity contribution in [2.75, 3.05) is 18.0 Å². The maximum atomic E-state index is 12.8. The van der Waals surface area contributed by atoms with E-state index >= 15 is 0 Å². The van der Waals surface area contributed by atoms with Gasteiger partial charge in [-0.05, 0) is 36.4 Å². The maximum absolute atomic E-state index is 12.8. The second kappa shape index (κ2) is 6.89. The third-order valence-corrected chi connectivity index (χ3v) is 5.77. The van der Waals surface area contributed by atoms with Crippen molar-refractivity contribution >= 4 is 33.7 Å². The molecule has 1 saturated heterocycles. The Labute approximate surface area is 167 Å². The van der Waals surface area contributed by atoms with E-state index in [0.717, 1.165) is 33.4 Å². The van der Waals surface area contributed by atoms with Crippen molar-refractivity contribution < 1.29 is 4.79 Å². The SMILES string of the molecule is NC1(C(=O)NCc2cc3ccccc3[nH]2)CCN(c2ncnc3[nH]ccc23)CC1. The number of piperidine rings is 1. The molecule has 3 aromatic heterocycles. The highest BCUT2D eigenvalue weighted by molar-refractivity contribution is 5.89. The van der Waals surface area contributed by atoms with Crippen LogP contribution in [0.15, 0.2) is 48.9 Å². The molecular weight excluding hydrogens is 366 g/mol. The topological polar surface area (TPSA) is 116 Å². The minimum absolute atomic E-state index is 0.106. The standard InChI is InChI=1S/C21H23N7O/c22-21(20(29)24-12-15-11-14-3-1-2-4-17(14)27-15)6-9-28(10-7-21)19-16-5-8-23-18(16)25-13-26-19/h1-5,8,11,13,27H,6-7,9-10,12,22H2,(H,24,29)(H,23,25,26). The highest BCUT2D eigenvalue weighted by Gasteiger charge is 2.38. The Kier molecular flexibility index (Phi) is 4.21. The molecule has 0 bridgehead atoms. The number of H-pyrrole nitrogens is 2. The van der Waals surface area contributed by atoms with Crippen LogP contribution in [-0.4, -0.2) is 44.5 Å². The van der Waals surface area contributed by atoms with E-state index in [1.165, 1.54) is 0 Å². The third-order valence-electron chi connectivity index (χ3n) is 5.77. The Hall–Kier alpha value is -3.39. The quantitative estimate of drug-likeness (QED) is 0.426. The van der Waals surface area contributed by atoms with Gasteiger partial charge in [-0.1, -0.05) is 18.2 Å². The van der Waals surface area contributed by atoms with Gasteiger partial charge < -0.3 is 25.9 Å². The molecule has 0 aliphatic carbocycles. The first-order valence-corrected chi connectivity index (χ1v) is 9.79. The smallest absolute Gasteiger partial charge is 0.240 e. The number of carbonyl (C=O) groups is 1. The zero-order valence-corrected chi connectivity index (χ0v) is 16.0. The van der Waals surface area contributed by atoms with Crippen LogP contribution in [0.2, 0.25) is 0 Å². The summed E-state index contributed by atoms with van der Waals surface area (Å²) in [4.78, 5) is 30.1. The molecule has 8 heteroatoms. The molecule has 148 valence electrons. The summed E-state index contributed by atoms with van der Waals surface area (Å²) in [7, 11) is 0. The predicted octanol–water partition coefficient (Wildman–Crippen LogP) is 2.05. The van der Waals surface area contributed by atoms with Crippen molar-refractivity contribution in [1.29, 1.82) is 0 Å². The molecule has 1 aliphatic rings. The molecule has 0 spiro atoms. The number of hydrogen-bond donors (Lipinski definition) is 4. The molecular formula is C21H23N7O. The molecule has 8 nitrogen and oxygen atoms in total. The summed E-state index contributed by atoms with van der Waals surface area (Å²) in [6.45, 7) is 1.78. The summed E-state index contributed by atoms with van der Waals surface area (Å²) < 4.78 is 0. The fraction of sp³-hybridized carbons (Fsp3) is 0.286. The lowest BCUT2D eigenvalue weighted by Crippen LogP contribution is -2.59. The van der Waals surface area contributed by atoms with Gasteiger partial charge in [0, 0.05) is 30.5 Å². The summed E-state index contributed by atoms with van der Waals surface area (Å²) in [6.07, 6.45) is 4.56. The fourth-order valence-corrected chi connectivity index (χ4v) is 4.04. The van der Waals surface area contributed by atoms with Crippen LogP contribution < -0.4 is 16.0 Å². The summed E-state index contributed by atoms with van der Waals surface area (Å²) in [5.41, 5.74) is 8.47. The van der Waals surface area contributed by atoms with Crippen LogP contribution in [0.1, 0.15) is 18.5 Å². The molecule has 5 N–H and O–H groups in total. The Morgan fingerprint density at radius 2 is 2.03 bits per heavy atom. The van der Waals surface area contributed by atoms with E-state index in [4.69, 9.17) is 5.73 Å². The van der Waals surface area contributed by atoms with E-state index in [2.05, 4.69) is 36.2 Å². The van der Waals surface area contributed by atoms with Gasteiger partial charge in [-0.25, -0.2) is 9.97 Å². The molecule has 1 aliphatic heterocycles. The number of hydrogen-bond acceptors (Lipinski definition) is 5. The number of rotatable bonds is 4. The molecule has 5 rings (SSSR count). The summed E-state index contributed by atoms with van der Waals surface area (Å²) in [5, 5.41) is 5.13. The van der Waals surface area contributed by atoms with E-state index in [9.17, 15) is 4.79 Å². The monoisotopic (exact) mass is 389 g/mol. The second-order valence-corrected chi connectivity index (χ2v) is 7.64. The zero-order valence-electron chi connectivity index (χ0n) is 16.0. The minimum atomic E-state index is -0.868. The number of aromatic amines is 2. The van der Waals surface area contributed by atoms with Gasteiger partial charge in [0.25, 0.3) is 0 Å². The molecule has 1 amide bonds. The van der Waals surface area contributed by atoms with Crippen LogP contribution in [0.3, 0.4) is 0 Å². The van der Waals surface area contributed by atoms with Crippen molar-refractivity contribution in [1.82, 2.24) is 25.3 Å². The number of nitrogens with zero attached hydrogens (tertiary/aromatic N) is 3. The van der Waals surface area contributed by atoms with Gasteiger partial charge in [0.2, 0.25) is 5.91 Å². The van der Waals surface area contributed by atoms with Crippen LogP contribution >= 0.6 is 0 Å². The van der Waals surface area contributed by atoms with Crippen LogP contribution in [0, 0.1) is 0 Å². The maximum Gasteiger partial charge on any atom is 0.240 e. The van der Waals surface area contributed by atoms with Gasteiger partial charge in [-0.3, -0.25) is 4.79 Å². The molecule has 0 atom stereocenters. The molecule has 4 aromatic rings. The first-order chi connectivity index (χ1) is 14.1. The van der Waals surface area contributed by atoms with E-state index in [-0.39, 0.29) is 5.91 Å². The van der Waals surface area contributed by atoms with E-state index in [0.29, 0.717) is 32.5 Å². The van der Waals surface area contributed by atoms with Crippen LogP contribution in [-0.2, 0) is 11.3 Å². The van der Waals surface area contributed by atoms with E-state index < -0.39 is 5.54 Å². The minimum Gasteiger partial charge on any atom is -0.357 e. The normalized spacial score (nSPS) is 16.4. The van der Waals surface area contributed by atoms with Crippen molar-refractivity contribution in [2.24, 2.45) is 5.73 Å². The fourth-order valence-electron chi connectivity index (χ4n) is 4.04. The number of nitrogens with two attached hydrogens (primary N) is 1. The number of aromatic nitrogens is 4. The van der Waals surface area contributed by atoms with Crippen LogP contribution in [0.4, 0.5) is 5.82 Å². The number of fused-ring (bicyclic) bond motifs is 2. The highest BCUT2D eigenvalue weighted by atomic mass is 16.2. The van der Waals surface area contributed by atoms with Gasteiger partial charge in [-0.2, -0.15) is 0 Å². The molecule has 0 saturated carbocycles. The summed E-state index contributed by atoms with van der Waals surface area (Å²) >= 11 is 0. The molecule has 29 heavy (non-hydrogen) atoms. The lowest BCUT2D eigenvalue weighted by atomic mass is 9.87. The Morgan fingerprint density at radius 3 is 2.86 bits per heavy atom. The largest absolute Gasteiger partial charge is 0.357 e. The average Bonchev–Trinajstić information content (AvgIpc) is 3.39. The number of para-hydroxylation sites is 1. The van der Waals surface area contributed by atoms with Crippen LogP contribution in [0.25, 0.3) is 21.9 Å². The van der Waals surface area contributed by atoms with Crippen LogP contribution in [0.5, 0.6) is 0 Å². The molecule has 1 aromatic carbocycles. The lowest BCUT2D eigenvalue weighted by Gasteiger charge is -2.38. The summed E-state index contributed by atoms with van der Waals surface area (Å²) in [6, 6.07) is 12.1. The van der Waals surface area contributed by atoms with Gasteiger partial charge in [0.05, 0.1) is 17.5 Å². The summed E-state index contributed by atoms with van der Waals surface area (Å²) in [5.74, 6) is 0.780. The second-order valence-electron chi connectivity index (χ2n) is 7.64.